The van der Waals surface area contributed by atoms with Gasteiger partial charge in [-0.15, -0.1) is 10.2 Å². The van der Waals surface area contributed by atoms with E-state index in [1.165, 1.54) is 23.5 Å². The minimum Gasteiger partial charge on any atom is -0.480 e. The Bertz CT molecular complexity index is 408. The number of rotatable bonds is 6. The summed E-state index contributed by atoms with van der Waals surface area (Å²) in [4.78, 5) is 22.9. The molecule has 0 aliphatic carbocycles. The van der Waals surface area contributed by atoms with Gasteiger partial charge in [0.15, 0.2) is 5.82 Å². The molecule has 1 amide bonds. The standard InChI is InChI=1S/C8H13N5O3S/c1-5(14)9-6(8(15)16)3-17-4-7-10-12-13(2)11-7/h6H,3-4H2,1-2H3,(H,9,14)(H,15,16)/t6-/m0/s1. The Morgan fingerprint density at radius 1 is 1.59 bits per heavy atom. The Kier molecular flexibility index (Phi) is 4.88. The lowest BCUT2D eigenvalue weighted by Gasteiger charge is -2.11. The summed E-state index contributed by atoms with van der Waals surface area (Å²) in [7, 11) is 1.65. The first-order chi connectivity index (χ1) is 7.99. The van der Waals surface area contributed by atoms with E-state index in [0.29, 0.717) is 11.6 Å². The monoisotopic (exact) mass is 259 g/mol. The summed E-state index contributed by atoms with van der Waals surface area (Å²) in [5, 5.41) is 22.6. The molecule has 0 bridgehead atoms. The maximum atomic E-state index is 10.8. The Balaban J connectivity index is 2.37. The lowest BCUT2D eigenvalue weighted by atomic mass is 10.3. The number of aryl methyl sites for hydroxylation is 1. The van der Waals surface area contributed by atoms with Gasteiger partial charge in [-0.05, 0) is 5.21 Å². The highest BCUT2D eigenvalue weighted by atomic mass is 32.2. The number of nitrogens with zero attached hydrogens (tertiary/aromatic N) is 4. The molecule has 0 aliphatic heterocycles. The van der Waals surface area contributed by atoms with Crippen LogP contribution in [0, 0.1) is 0 Å². The van der Waals surface area contributed by atoms with E-state index in [1.807, 2.05) is 0 Å². The smallest absolute Gasteiger partial charge is 0.327 e. The van der Waals surface area contributed by atoms with E-state index < -0.39 is 12.0 Å². The zero-order valence-corrected chi connectivity index (χ0v) is 10.3. The van der Waals surface area contributed by atoms with E-state index in [2.05, 4.69) is 20.7 Å². The molecule has 1 rings (SSSR count). The number of amides is 1. The van der Waals surface area contributed by atoms with Gasteiger partial charge in [-0.3, -0.25) is 4.79 Å². The summed E-state index contributed by atoms with van der Waals surface area (Å²) in [6.07, 6.45) is 0. The molecule has 2 N–H and O–H groups in total. The molecule has 1 atom stereocenters. The summed E-state index contributed by atoms with van der Waals surface area (Å²) >= 11 is 1.32. The first kappa shape index (κ1) is 13.4. The second-order valence-corrected chi connectivity index (χ2v) is 4.33. The maximum absolute atomic E-state index is 10.8. The highest BCUT2D eigenvalue weighted by Crippen LogP contribution is 2.09. The average Bonchev–Trinajstić information content (AvgIpc) is 2.62. The first-order valence-corrected chi connectivity index (χ1v) is 5.95. The maximum Gasteiger partial charge on any atom is 0.327 e. The van der Waals surface area contributed by atoms with Crippen LogP contribution in [0.4, 0.5) is 0 Å². The van der Waals surface area contributed by atoms with Crippen LogP contribution < -0.4 is 5.32 Å². The highest BCUT2D eigenvalue weighted by molar-refractivity contribution is 7.98. The Morgan fingerprint density at radius 2 is 2.29 bits per heavy atom. The molecule has 17 heavy (non-hydrogen) atoms. The van der Waals surface area contributed by atoms with E-state index in [-0.39, 0.29) is 11.7 Å². The van der Waals surface area contributed by atoms with Gasteiger partial charge in [0, 0.05) is 12.7 Å². The fourth-order valence-corrected chi connectivity index (χ4v) is 1.95. The Hall–Kier alpha value is -1.64. The van der Waals surface area contributed by atoms with Crippen molar-refractivity contribution in [3.05, 3.63) is 5.82 Å². The molecule has 1 aromatic heterocycles. The molecule has 9 heteroatoms. The van der Waals surface area contributed by atoms with Crippen LogP contribution in [0.15, 0.2) is 0 Å². The first-order valence-electron chi connectivity index (χ1n) is 4.79. The predicted molar refractivity (Wildman–Crippen MR) is 60.2 cm³/mol. The number of nitrogens with one attached hydrogen (secondary N) is 1. The molecule has 0 aliphatic rings. The van der Waals surface area contributed by atoms with Crippen LogP contribution in [0.1, 0.15) is 12.7 Å². The molecule has 94 valence electrons. The molecular formula is C8H13N5O3S. The SMILES string of the molecule is CC(=O)N[C@@H](CSCc1nnn(C)n1)C(=O)O. The largest absolute Gasteiger partial charge is 0.480 e. The van der Waals surface area contributed by atoms with Crippen molar-refractivity contribution in [3.8, 4) is 0 Å². The van der Waals surface area contributed by atoms with Crippen molar-refractivity contribution >= 4 is 23.6 Å². The summed E-state index contributed by atoms with van der Waals surface area (Å²) in [6, 6.07) is -0.894. The average molecular weight is 259 g/mol. The number of tetrazole rings is 1. The lowest BCUT2D eigenvalue weighted by molar-refractivity contribution is -0.140. The number of thioether (sulfide) groups is 1. The molecule has 8 nitrogen and oxygen atoms in total. The normalized spacial score (nSPS) is 12.1. The summed E-state index contributed by atoms with van der Waals surface area (Å²) in [6.45, 7) is 1.28. The van der Waals surface area contributed by atoms with Crippen LogP contribution >= 0.6 is 11.8 Å². The molecule has 0 fully saturated rings. The van der Waals surface area contributed by atoms with Crippen molar-refractivity contribution in [1.82, 2.24) is 25.5 Å². The van der Waals surface area contributed by atoms with Crippen LogP contribution in [0.25, 0.3) is 0 Å². The number of carbonyl (C=O) groups excluding carboxylic acids is 1. The molecule has 1 aromatic rings. The lowest BCUT2D eigenvalue weighted by Crippen LogP contribution is -2.41. The summed E-state index contributed by atoms with van der Waals surface area (Å²) in [5.41, 5.74) is 0. The van der Waals surface area contributed by atoms with Crippen molar-refractivity contribution in [2.24, 2.45) is 7.05 Å². The van der Waals surface area contributed by atoms with Gasteiger partial charge in [0.05, 0.1) is 12.8 Å². The quantitative estimate of drug-likeness (QED) is 0.676. The number of carbonyl (C=O) groups is 2. The molecular weight excluding hydrogens is 246 g/mol. The van der Waals surface area contributed by atoms with E-state index >= 15 is 0 Å². The van der Waals surface area contributed by atoms with E-state index in [0.717, 1.165) is 0 Å². The number of aliphatic carboxylic acids is 1. The predicted octanol–water partition coefficient (Wildman–Crippen LogP) is -0.967. The summed E-state index contributed by atoms with van der Waals surface area (Å²) in [5.74, 6) is -0.176. The molecule has 0 aromatic carbocycles. The highest BCUT2D eigenvalue weighted by Gasteiger charge is 2.18. The number of carboxylic acids is 1. The van der Waals surface area contributed by atoms with Gasteiger partial charge in [0.1, 0.15) is 6.04 Å². The number of hydrogen-bond acceptors (Lipinski definition) is 6. The van der Waals surface area contributed by atoms with Gasteiger partial charge in [0.25, 0.3) is 0 Å². The third kappa shape index (κ3) is 4.81. The van der Waals surface area contributed by atoms with Gasteiger partial charge in [-0.1, -0.05) is 0 Å². The van der Waals surface area contributed by atoms with Crippen molar-refractivity contribution in [1.29, 1.82) is 0 Å². The minimum atomic E-state index is -1.06. The topological polar surface area (TPSA) is 110 Å². The van der Waals surface area contributed by atoms with E-state index in [4.69, 9.17) is 5.11 Å². The molecule has 0 saturated carbocycles. The number of carboxylic acid groups (broad SMARTS) is 1. The van der Waals surface area contributed by atoms with Crippen molar-refractivity contribution in [2.45, 2.75) is 18.7 Å². The van der Waals surface area contributed by atoms with Gasteiger partial charge in [-0.25, -0.2) is 4.79 Å². The third-order valence-electron chi connectivity index (χ3n) is 1.74. The van der Waals surface area contributed by atoms with Crippen molar-refractivity contribution < 1.29 is 14.7 Å². The van der Waals surface area contributed by atoms with Crippen LogP contribution in [-0.2, 0) is 22.4 Å². The van der Waals surface area contributed by atoms with Crippen molar-refractivity contribution in [2.75, 3.05) is 5.75 Å². The van der Waals surface area contributed by atoms with Crippen LogP contribution in [0.2, 0.25) is 0 Å². The molecule has 1 heterocycles. The fourth-order valence-electron chi connectivity index (χ4n) is 1.07. The van der Waals surface area contributed by atoms with Crippen LogP contribution in [-0.4, -0.2) is 49.0 Å². The zero-order valence-electron chi connectivity index (χ0n) is 9.45. The van der Waals surface area contributed by atoms with E-state index in [9.17, 15) is 9.59 Å². The van der Waals surface area contributed by atoms with Gasteiger partial charge in [0.2, 0.25) is 5.91 Å². The zero-order chi connectivity index (χ0) is 12.8. The molecule has 0 unspecified atom stereocenters. The summed E-state index contributed by atoms with van der Waals surface area (Å²) < 4.78 is 0. The van der Waals surface area contributed by atoms with Crippen LogP contribution in [0.3, 0.4) is 0 Å². The van der Waals surface area contributed by atoms with Crippen molar-refractivity contribution in [3.63, 3.8) is 0 Å². The van der Waals surface area contributed by atoms with Crippen LogP contribution in [0.5, 0.6) is 0 Å². The van der Waals surface area contributed by atoms with Gasteiger partial charge < -0.3 is 10.4 Å². The molecule has 0 spiro atoms. The second kappa shape index (κ2) is 6.18. The Labute approximate surface area is 102 Å². The second-order valence-electron chi connectivity index (χ2n) is 3.30. The van der Waals surface area contributed by atoms with E-state index in [1.54, 1.807) is 7.05 Å². The van der Waals surface area contributed by atoms with Gasteiger partial charge in [-0.2, -0.15) is 16.6 Å². The minimum absolute atomic E-state index is 0.257. The third-order valence-corrected chi connectivity index (χ3v) is 2.77. The fraction of sp³-hybridized carbons (Fsp3) is 0.625. The molecule has 0 saturated heterocycles. The number of aromatic nitrogens is 4. The van der Waals surface area contributed by atoms with Gasteiger partial charge >= 0.3 is 5.97 Å². The Morgan fingerprint density at radius 3 is 2.76 bits per heavy atom. The number of hydrogen-bond donors (Lipinski definition) is 2. The molecule has 0 radical (unpaired) electrons.